The Hall–Kier alpha value is -1.09. The number of benzene rings is 1. The zero-order valence-corrected chi connectivity index (χ0v) is 9.79. The quantitative estimate of drug-likeness (QED) is 0.832. The van der Waals surface area contributed by atoms with Crippen molar-refractivity contribution in [3.8, 4) is 5.75 Å². The van der Waals surface area contributed by atoms with Crippen LogP contribution in [0.5, 0.6) is 5.75 Å². The van der Waals surface area contributed by atoms with Gasteiger partial charge in [-0.15, -0.1) is 0 Å². The number of piperidine rings is 1. The minimum absolute atomic E-state index is 0.246. The normalized spacial score (nSPS) is 30.1. The summed E-state index contributed by atoms with van der Waals surface area (Å²) in [6.45, 7) is 2.80. The highest BCUT2D eigenvalue weighted by molar-refractivity contribution is 5.32. The van der Waals surface area contributed by atoms with Crippen LogP contribution in [0.25, 0.3) is 0 Å². The molecule has 2 unspecified atom stereocenters. The van der Waals surface area contributed by atoms with E-state index >= 15 is 0 Å². The summed E-state index contributed by atoms with van der Waals surface area (Å²) in [5.74, 6) is 0.833. The van der Waals surface area contributed by atoms with Gasteiger partial charge in [-0.2, -0.15) is 0 Å². The molecule has 0 saturated carbocycles. The van der Waals surface area contributed by atoms with E-state index in [1.807, 2.05) is 24.3 Å². The smallest absolute Gasteiger partial charge is 0.118 e. The molecule has 1 saturated heterocycles. The summed E-state index contributed by atoms with van der Waals surface area (Å²) in [5, 5.41) is 3.40. The highest BCUT2D eigenvalue weighted by Gasteiger charge is 2.33. The van der Waals surface area contributed by atoms with Gasteiger partial charge in [-0.25, -0.2) is 4.39 Å². The maximum absolute atomic E-state index is 13.4. The van der Waals surface area contributed by atoms with E-state index in [4.69, 9.17) is 4.74 Å². The second-order valence-corrected chi connectivity index (χ2v) is 4.58. The molecule has 3 heteroatoms. The highest BCUT2D eigenvalue weighted by Crippen LogP contribution is 2.32. The van der Waals surface area contributed by atoms with Crippen molar-refractivity contribution in [1.82, 2.24) is 5.32 Å². The second-order valence-electron chi connectivity index (χ2n) is 4.58. The van der Waals surface area contributed by atoms with Crippen LogP contribution in [-0.4, -0.2) is 19.8 Å². The van der Waals surface area contributed by atoms with Crippen molar-refractivity contribution >= 4 is 0 Å². The van der Waals surface area contributed by atoms with E-state index in [2.05, 4.69) is 12.2 Å². The van der Waals surface area contributed by atoms with Crippen LogP contribution in [0.2, 0.25) is 0 Å². The summed E-state index contributed by atoms with van der Waals surface area (Å²) in [6.07, 6.45) is 0.457. The molecule has 0 aliphatic carbocycles. The summed E-state index contributed by atoms with van der Waals surface area (Å²) in [5.41, 5.74) is 0.875. The van der Waals surface area contributed by atoms with Crippen LogP contribution >= 0.6 is 0 Å². The molecule has 88 valence electrons. The first-order valence-corrected chi connectivity index (χ1v) is 5.68. The molecule has 1 aromatic carbocycles. The largest absolute Gasteiger partial charge is 0.497 e. The van der Waals surface area contributed by atoms with E-state index in [0.717, 1.165) is 17.9 Å². The summed E-state index contributed by atoms with van der Waals surface area (Å²) < 4.78 is 18.6. The van der Waals surface area contributed by atoms with Gasteiger partial charge in [0, 0.05) is 12.0 Å². The van der Waals surface area contributed by atoms with Crippen molar-refractivity contribution in [3.63, 3.8) is 0 Å². The molecule has 1 heterocycles. The monoisotopic (exact) mass is 223 g/mol. The lowest BCUT2D eigenvalue weighted by atomic mass is 9.83. The molecular weight excluding hydrogens is 205 g/mol. The van der Waals surface area contributed by atoms with E-state index in [0.29, 0.717) is 12.8 Å². The number of halogens is 1. The minimum atomic E-state index is -0.701. The van der Waals surface area contributed by atoms with Gasteiger partial charge < -0.3 is 10.1 Å². The molecule has 0 aromatic heterocycles. The van der Waals surface area contributed by atoms with Crippen molar-refractivity contribution in [2.24, 2.45) is 0 Å². The SMILES string of the molecule is COc1ccc(C2(C)CC(F)CCN2)cc1. The first-order valence-electron chi connectivity index (χ1n) is 5.68. The highest BCUT2D eigenvalue weighted by atomic mass is 19.1. The molecule has 1 aliphatic heterocycles. The Bertz CT molecular complexity index is 351. The van der Waals surface area contributed by atoms with Crippen molar-refractivity contribution in [2.45, 2.75) is 31.5 Å². The molecule has 0 radical (unpaired) electrons. The zero-order valence-electron chi connectivity index (χ0n) is 9.79. The van der Waals surface area contributed by atoms with Crippen LogP contribution in [0, 0.1) is 0 Å². The Balaban J connectivity index is 2.20. The summed E-state index contributed by atoms with van der Waals surface area (Å²) in [7, 11) is 1.65. The van der Waals surface area contributed by atoms with Gasteiger partial charge in [0.25, 0.3) is 0 Å². The van der Waals surface area contributed by atoms with Gasteiger partial charge in [0.05, 0.1) is 7.11 Å². The van der Waals surface area contributed by atoms with Gasteiger partial charge in [0.2, 0.25) is 0 Å². The van der Waals surface area contributed by atoms with E-state index < -0.39 is 6.17 Å². The number of methoxy groups -OCH3 is 1. The van der Waals surface area contributed by atoms with Crippen molar-refractivity contribution in [2.75, 3.05) is 13.7 Å². The molecule has 2 rings (SSSR count). The molecule has 0 spiro atoms. The predicted octanol–water partition coefficient (Wildman–Crippen LogP) is 2.63. The fourth-order valence-corrected chi connectivity index (χ4v) is 2.30. The minimum Gasteiger partial charge on any atom is -0.497 e. The lowest BCUT2D eigenvalue weighted by Crippen LogP contribution is -2.46. The van der Waals surface area contributed by atoms with E-state index in [9.17, 15) is 4.39 Å². The third kappa shape index (κ3) is 2.19. The van der Waals surface area contributed by atoms with Gasteiger partial charge in [0.15, 0.2) is 0 Å². The maximum atomic E-state index is 13.4. The molecule has 1 fully saturated rings. The average molecular weight is 223 g/mol. The van der Waals surface area contributed by atoms with Crippen molar-refractivity contribution < 1.29 is 9.13 Å². The summed E-state index contributed by atoms with van der Waals surface area (Å²) in [4.78, 5) is 0. The Morgan fingerprint density at radius 3 is 2.62 bits per heavy atom. The van der Waals surface area contributed by atoms with E-state index in [1.54, 1.807) is 7.11 Å². The van der Waals surface area contributed by atoms with Gasteiger partial charge >= 0.3 is 0 Å². The summed E-state index contributed by atoms with van der Waals surface area (Å²) in [6, 6.07) is 7.85. The molecule has 1 N–H and O–H groups in total. The Labute approximate surface area is 95.8 Å². The molecule has 2 atom stereocenters. The van der Waals surface area contributed by atoms with Gasteiger partial charge in [-0.05, 0) is 37.6 Å². The van der Waals surface area contributed by atoms with E-state index in [1.165, 1.54) is 0 Å². The first-order chi connectivity index (χ1) is 7.64. The number of hydrogen-bond acceptors (Lipinski definition) is 2. The molecule has 0 amide bonds. The number of rotatable bonds is 2. The Kier molecular flexibility index (Phi) is 3.15. The number of nitrogens with one attached hydrogen (secondary N) is 1. The molecule has 0 bridgehead atoms. The van der Waals surface area contributed by atoms with Crippen LogP contribution in [0.15, 0.2) is 24.3 Å². The number of hydrogen-bond donors (Lipinski definition) is 1. The predicted molar refractivity (Wildman–Crippen MR) is 62.5 cm³/mol. The van der Waals surface area contributed by atoms with Gasteiger partial charge in [-0.3, -0.25) is 0 Å². The van der Waals surface area contributed by atoms with E-state index in [-0.39, 0.29) is 5.54 Å². The number of alkyl halides is 1. The van der Waals surface area contributed by atoms with Crippen LogP contribution in [-0.2, 0) is 5.54 Å². The average Bonchev–Trinajstić information content (AvgIpc) is 2.29. The Morgan fingerprint density at radius 1 is 1.38 bits per heavy atom. The topological polar surface area (TPSA) is 21.3 Å². The third-order valence-corrected chi connectivity index (χ3v) is 3.33. The zero-order chi connectivity index (χ0) is 11.6. The van der Waals surface area contributed by atoms with Gasteiger partial charge in [-0.1, -0.05) is 12.1 Å². The van der Waals surface area contributed by atoms with Crippen molar-refractivity contribution in [1.29, 1.82) is 0 Å². The second kappa shape index (κ2) is 4.42. The lowest BCUT2D eigenvalue weighted by Gasteiger charge is -2.37. The fraction of sp³-hybridized carbons (Fsp3) is 0.538. The van der Waals surface area contributed by atoms with Crippen LogP contribution in [0.4, 0.5) is 4.39 Å². The van der Waals surface area contributed by atoms with Gasteiger partial charge in [0.1, 0.15) is 11.9 Å². The van der Waals surface area contributed by atoms with Crippen LogP contribution in [0.3, 0.4) is 0 Å². The fourth-order valence-electron chi connectivity index (χ4n) is 2.30. The molecule has 1 aliphatic rings. The van der Waals surface area contributed by atoms with Crippen LogP contribution < -0.4 is 10.1 Å². The Morgan fingerprint density at radius 2 is 2.06 bits per heavy atom. The first kappa shape index (κ1) is 11.4. The maximum Gasteiger partial charge on any atom is 0.118 e. The third-order valence-electron chi connectivity index (χ3n) is 3.33. The lowest BCUT2D eigenvalue weighted by molar-refractivity contribution is 0.165. The van der Waals surface area contributed by atoms with Crippen molar-refractivity contribution in [3.05, 3.63) is 29.8 Å². The molecule has 16 heavy (non-hydrogen) atoms. The molecule has 2 nitrogen and oxygen atoms in total. The standard InChI is InChI=1S/C13H18FNO/c1-13(9-11(14)7-8-15-13)10-3-5-12(16-2)6-4-10/h3-6,11,15H,7-9H2,1-2H3. The molecular formula is C13H18FNO. The molecule has 1 aromatic rings. The number of ether oxygens (including phenoxy) is 1. The summed E-state index contributed by atoms with van der Waals surface area (Å²) >= 11 is 0. The van der Waals surface area contributed by atoms with Crippen LogP contribution in [0.1, 0.15) is 25.3 Å².